The molecule has 0 aliphatic carbocycles. The minimum atomic E-state index is -0.716. The van der Waals surface area contributed by atoms with Gasteiger partial charge in [-0.3, -0.25) is 10.1 Å². The molecule has 0 saturated heterocycles. The predicted molar refractivity (Wildman–Crippen MR) is 69.7 cm³/mol. The molecule has 0 bridgehead atoms. The largest absolute Gasteiger partial charge is 0.468 e. The molecule has 0 amide bonds. The third-order valence-electron chi connectivity index (χ3n) is 2.63. The molecule has 2 aromatic rings. The zero-order valence-corrected chi connectivity index (χ0v) is 10.9. The molecule has 102 valence electrons. The zero-order chi connectivity index (χ0) is 14.4. The number of aromatic nitrogens is 3. The molecule has 0 aliphatic heterocycles. The zero-order valence-electron chi connectivity index (χ0n) is 10.9. The third-order valence-corrected chi connectivity index (χ3v) is 2.63. The quantitative estimate of drug-likeness (QED) is 0.800. The lowest BCUT2D eigenvalue weighted by molar-refractivity contribution is -0.139. The van der Waals surface area contributed by atoms with Crippen LogP contribution in [0, 0.1) is 11.3 Å². The van der Waals surface area contributed by atoms with E-state index in [0.717, 1.165) is 5.69 Å². The van der Waals surface area contributed by atoms with Crippen LogP contribution in [0.3, 0.4) is 0 Å². The molecule has 7 heteroatoms. The van der Waals surface area contributed by atoms with Crippen molar-refractivity contribution >= 4 is 5.97 Å². The second-order valence-corrected chi connectivity index (χ2v) is 3.94. The first-order chi connectivity index (χ1) is 9.74. The van der Waals surface area contributed by atoms with Gasteiger partial charge >= 0.3 is 5.97 Å². The molecule has 20 heavy (non-hydrogen) atoms. The molecule has 1 heterocycles. The Balaban J connectivity index is 2.11. The van der Waals surface area contributed by atoms with Crippen molar-refractivity contribution in [1.29, 1.82) is 5.26 Å². The molecule has 0 spiro atoms. The van der Waals surface area contributed by atoms with E-state index in [2.05, 4.69) is 20.4 Å². The van der Waals surface area contributed by atoms with Gasteiger partial charge in [0, 0.05) is 0 Å². The van der Waals surface area contributed by atoms with Gasteiger partial charge in [0.25, 0.3) is 0 Å². The molecule has 0 radical (unpaired) electrons. The monoisotopic (exact) mass is 271 g/mol. The molecule has 0 saturated carbocycles. The van der Waals surface area contributed by atoms with Crippen LogP contribution in [0.1, 0.15) is 11.7 Å². The van der Waals surface area contributed by atoms with Crippen LogP contribution in [0.25, 0.3) is 5.69 Å². The van der Waals surface area contributed by atoms with Crippen molar-refractivity contribution in [1.82, 2.24) is 20.3 Å². The van der Waals surface area contributed by atoms with Crippen LogP contribution in [0.4, 0.5) is 0 Å². The van der Waals surface area contributed by atoms with Gasteiger partial charge in [0.15, 0.2) is 0 Å². The van der Waals surface area contributed by atoms with Gasteiger partial charge in [0.1, 0.15) is 11.7 Å². The van der Waals surface area contributed by atoms with E-state index in [0.29, 0.717) is 5.69 Å². The van der Waals surface area contributed by atoms with Gasteiger partial charge in [-0.1, -0.05) is 23.4 Å². The smallest absolute Gasteiger partial charge is 0.319 e. The minimum absolute atomic E-state index is 0.0626. The fourth-order valence-electron chi connectivity index (χ4n) is 1.59. The number of nitriles is 1. The summed E-state index contributed by atoms with van der Waals surface area (Å²) in [5.74, 6) is -0.444. The highest BCUT2D eigenvalue weighted by molar-refractivity contribution is 5.71. The van der Waals surface area contributed by atoms with Crippen molar-refractivity contribution in [3.05, 3.63) is 42.2 Å². The molecule has 1 aromatic carbocycles. The van der Waals surface area contributed by atoms with Crippen molar-refractivity contribution in [2.75, 3.05) is 13.7 Å². The van der Waals surface area contributed by atoms with Crippen LogP contribution in [-0.2, 0) is 9.53 Å². The normalized spacial score (nSPS) is 11.6. The SMILES string of the molecule is COC(=O)CNC(C#N)c1cn(-c2ccccc2)nn1. The third kappa shape index (κ3) is 3.18. The number of ether oxygens (including phenoxy) is 1. The molecular weight excluding hydrogens is 258 g/mol. The number of hydrogen-bond donors (Lipinski definition) is 1. The molecular formula is C13H13N5O2. The molecule has 0 fully saturated rings. The first kappa shape index (κ1) is 13.7. The highest BCUT2D eigenvalue weighted by Crippen LogP contribution is 2.11. The summed E-state index contributed by atoms with van der Waals surface area (Å²) < 4.78 is 6.07. The van der Waals surface area contributed by atoms with Crippen LogP contribution in [0.15, 0.2) is 36.5 Å². The summed E-state index contributed by atoms with van der Waals surface area (Å²) >= 11 is 0. The van der Waals surface area contributed by atoms with Crippen molar-refractivity contribution in [2.45, 2.75) is 6.04 Å². The summed E-state index contributed by atoms with van der Waals surface area (Å²) in [4.78, 5) is 11.1. The number of carbonyl (C=O) groups is 1. The standard InChI is InChI=1S/C13H13N5O2/c1-20-13(19)8-15-11(7-14)12-9-18(17-16-12)10-5-3-2-4-6-10/h2-6,9,11,15H,8H2,1H3. The fourth-order valence-corrected chi connectivity index (χ4v) is 1.59. The highest BCUT2D eigenvalue weighted by atomic mass is 16.5. The Morgan fingerprint density at radius 2 is 2.25 bits per heavy atom. The number of benzene rings is 1. The van der Waals surface area contributed by atoms with Gasteiger partial charge in [-0.15, -0.1) is 5.10 Å². The summed E-state index contributed by atoms with van der Waals surface area (Å²) in [7, 11) is 1.29. The van der Waals surface area contributed by atoms with Crippen LogP contribution in [-0.4, -0.2) is 34.6 Å². The Bertz CT molecular complexity index is 617. The number of hydrogen-bond acceptors (Lipinski definition) is 6. The Morgan fingerprint density at radius 1 is 1.50 bits per heavy atom. The second-order valence-electron chi connectivity index (χ2n) is 3.94. The van der Waals surface area contributed by atoms with Crippen LogP contribution < -0.4 is 5.32 Å². The molecule has 1 aromatic heterocycles. The van der Waals surface area contributed by atoms with Gasteiger partial charge in [-0.2, -0.15) is 5.26 Å². The van der Waals surface area contributed by atoms with Gasteiger partial charge in [0.05, 0.1) is 31.6 Å². The topological polar surface area (TPSA) is 92.8 Å². The van der Waals surface area contributed by atoms with E-state index in [1.807, 2.05) is 36.4 Å². The van der Waals surface area contributed by atoms with Gasteiger partial charge in [0.2, 0.25) is 0 Å². The fraction of sp³-hybridized carbons (Fsp3) is 0.231. The first-order valence-corrected chi connectivity index (χ1v) is 5.92. The average Bonchev–Trinajstić information content (AvgIpc) is 2.98. The summed E-state index contributed by atoms with van der Waals surface area (Å²) in [5.41, 5.74) is 1.29. The van der Waals surface area contributed by atoms with Gasteiger partial charge in [-0.05, 0) is 12.1 Å². The predicted octanol–water partition coefficient (Wildman–Crippen LogP) is 0.595. The maximum atomic E-state index is 11.1. The Hall–Kier alpha value is -2.72. The Kier molecular flexibility index (Phi) is 4.42. The summed E-state index contributed by atoms with van der Waals surface area (Å²) in [6, 6.07) is 10.7. The lowest BCUT2D eigenvalue weighted by Gasteiger charge is -2.06. The van der Waals surface area contributed by atoms with E-state index in [9.17, 15) is 4.79 Å². The molecule has 2 rings (SSSR count). The molecule has 0 aliphatic rings. The summed E-state index contributed by atoms with van der Waals surface area (Å²) in [5, 5.41) is 19.8. The number of carbonyl (C=O) groups excluding carboxylic acids is 1. The molecule has 1 atom stereocenters. The Morgan fingerprint density at radius 3 is 2.90 bits per heavy atom. The Labute approximate surface area is 115 Å². The van der Waals surface area contributed by atoms with E-state index in [-0.39, 0.29) is 6.54 Å². The van der Waals surface area contributed by atoms with Crippen molar-refractivity contribution in [2.24, 2.45) is 0 Å². The number of rotatable bonds is 5. The number of methoxy groups -OCH3 is 1. The van der Waals surface area contributed by atoms with E-state index in [4.69, 9.17) is 5.26 Å². The average molecular weight is 271 g/mol. The number of para-hydroxylation sites is 1. The van der Waals surface area contributed by atoms with Gasteiger partial charge < -0.3 is 4.74 Å². The lowest BCUT2D eigenvalue weighted by atomic mass is 10.2. The van der Waals surface area contributed by atoms with Gasteiger partial charge in [-0.25, -0.2) is 4.68 Å². The second kappa shape index (κ2) is 6.45. The maximum Gasteiger partial charge on any atom is 0.319 e. The maximum absolute atomic E-state index is 11.1. The summed E-state index contributed by atoms with van der Waals surface area (Å²) in [6.07, 6.45) is 1.65. The van der Waals surface area contributed by atoms with Crippen LogP contribution in [0.2, 0.25) is 0 Å². The minimum Gasteiger partial charge on any atom is -0.468 e. The number of esters is 1. The van der Waals surface area contributed by atoms with E-state index in [1.54, 1.807) is 10.9 Å². The molecule has 7 nitrogen and oxygen atoms in total. The van der Waals surface area contributed by atoms with Crippen LogP contribution >= 0.6 is 0 Å². The lowest BCUT2D eigenvalue weighted by Crippen LogP contribution is -2.27. The first-order valence-electron chi connectivity index (χ1n) is 5.92. The van der Waals surface area contributed by atoms with E-state index in [1.165, 1.54) is 7.11 Å². The van der Waals surface area contributed by atoms with Crippen LogP contribution in [0.5, 0.6) is 0 Å². The van der Waals surface area contributed by atoms with E-state index >= 15 is 0 Å². The molecule has 1 N–H and O–H groups in total. The number of nitrogens with one attached hydrogen (secondary N) is 1. The van der Waals surface area contributed by atoms with E-state index < -0.39 is 12.0 Å². The van der Waals surface area contributed by atoms with Crippen molar-refractivity contribution < 1.29 is 9.53 Å². The summed E-state index contributed by atoms with van der Waals surface area (Å²) in [6.45, 7) is -0.0626. The highest BCUT2D eigenvalue weighted by Gasteiger charge is 2.16. The van der Waals surface area contributed by atoms with Crippen molar-refractivity contribution in [3.8, 4) is 11.8 Å². The van der Waals surface area contributed by atoms with Crippen molar-refractivity contribution in [3.63, 3.8) is 0 Å². The number of nitrogens with zero attached hydrogens (tertiary/aromatic N) is 4. The molecule has 1 unspecified atom stereocenters.